The van der Waals surface area contributed by atoms with Crippen molar-refractivity contribution < 1.29 is 4.79 Å². The molecule has 96 valence electrons. The Kier molecular flexibility index (Phi) is 2.77. The normalized spacial score (nSPS) is 27.4. The predicted octanol–water partition coefficient (Wildman–Crippen LogP) is 2.80. The topological polar surface area (TPSA) is 46.3 Å². The molecule has 0 radical (unpaired) electrons. The fraction of sp³-hybridized carbons (Fsp3) is 0.533. The molecule has 0 unspecified atom stereocenters. The lowest BCUT2D eigenvalue weighted by atomic mass is 9.86. The third kappa shape index (κ3) is 1.88. The Bertz CT molecular complexity index is 483. The van der Waals surface area contributed by atoms with Crippen molar-refractivity contribution in [3.8, 4) is 0 Å². The van der Waals surface area contributed by atoms with Crippen LogP contribution in [-0.2, 0) is 6.54 Å². The van der Waals surface area contributed by atoms with Gasteiger partial charge in [0, 0.05) is 23.8 Å². The molecule has 1 saturated carbocycles. The summed E-state index contributed by atoms with van der Waals surface area (Å²) in [7, 11) is 0. The van der Waals surface area contributed by atoms with Crippen LogP contribution >= 0.6 is 0 Å². The summed E-state index contributed by atoms with van der Waals surface area (Å²) in [4.78, 5) is 14.5. The Hall–Kier alpha value is -1.51. The molecule has 2 aliphatic rings. The van der Waals surface area contributed by atoms with E-state index in [1.54, 1.807) is 0 Å². The van der Waals surface area contributed by atoms with E-state index in [4.69, 9.17) is 5.73 Å². The first-order chi connectivity index (χ1) is 8.65. The average molecular weight is 244 g/mol. The number of rotatable bonds is 1. The smallest absolute Gasteiger partial charge is 0.254 e. The van der Waals surface area contributed by atoms with Gasteiger partial charge in [-0.15, -0.1) is 0 Å². The van der Waals surface area contributed by atoms with Crippen molar-refractivity contribution >= 4 is 11.6 Å². The highest BCUT2D eigenvalue weighted by Crippen LogP contribution is 2.33. The maximum absolute atomic E-state index is 12.4. The standard InChI is InChI=1S/C15H20N2O/c1-10-3-2-4-13(7-10)17-9-11-5-6-12(16)8-14(11)15(17)18/h5-6,8,10,13H,2-4,7,9,16H2,1H3/t10-,13+/m1/s1. The highest BCUT2D eigenvalue weighted by molar-refractivity contribution is 5.99. The number of benzene rings is 1. The first-order valence-corrected chi connectivity index (χ1v) is 6.84. The fourth-order valence-corrected chi connectivity index (χ4v) is 3.32. The zero-order chi connectivity index (χ0) is 12.7. The van der Waals surface area contributed by atoms with Crippen molar-refractivity contribution in [3.05, 3.63) is 29.3 Å². The quantitative estimate of drug-likeness (QED) is 0.772. The number of hydrogen-bond acceptors (Lipinski definition) is 2. The SMILES string of the molecule is C[C@@H]1CCC[C@H](N2Cc3ccc(N)cc3C2=O)C1. The fourth-order valence-electron chi connectivity index (χ4n) is 3.32. The number of fused-ring (bicyclic) bond motifs is 1. The molecule has 3 heteroatoms. The number of hydrogen-bond donors (Lipinski definition) is 1. The monoisotopic (exact) mass is 244 g/mol. The Morgan fingerprint density at radius 3 is 2.94 bits per heavy atom. The molecular formula is C15H20N2O. The average Bonchev–Trinajstić information content (AvgIpc) is 2.67. The molecule has 0 aromatic heterocycles. The molecular weight excluding hydrogens is 224 g/mol. The van der Waals surface area contributed by atoms with E-state index in [0.29, 0.717) is 11.7 Å². The lowest BCUT2D eigenvalue weighted by molar-refractivity contribution is 0.0631. The molecule has 0 spiro atoms. The maximum Gasteiger partial charge on any atom is 0.254 e. The minimum absolute atomic E-state index is 0.177. The molecule has 1 aromatic rings. The van der Waals surface area contributed by atoms with Gasteiger partial charge in [0.05, 0.1) is 0 Å². The Morgan fingerprint density at radius 1 is 1.33 bits per heavy atom. The molecule has 18 heavy (non-hydrogen) atoms. The molecule has 1 aromatic carbocycles. The lowest BCUT2D eigenvalue weighted by Gasteiger charge is -2.34. The van der Waals surface area contributed by atoms with Gasteiger partial charge in [0.2, 0.25) is 0 Å². The van der Waals surface area contributed by atoms with Gasteiger partial charge in [0.25, 0.3) is 5.91 Å². The molecule has 2 atom stereocenters. The van der Waals surface area contributed by atoms with E-state index in [1.807, 2.05) is 18.2 Å². The van der Waals surface area contributed by atoms with Crippen molar-refractivity contribution in [2.45, 2.75) is 45.2 Å². The Balaban J connectivity index is 1.83. The van der Waals surface area contributed by atoms with Gasteiger partial charge in [0.15, 0.2) is 0 Å². The van der Waals surface area contributed by atoms with Gasteiger partial charge in [-0.25, -0.2) is 0 Å². The first kappa shape index (κ1) is 11.6. The van der Waals surface area contributed by atoms with Crippen molar-refractivity contribution in [1.29, 1.82) is 0 Å². The third-order valence-electron chi connectivity index (χ3n) is 4.32. The van der Waals surface area contributed by atoms with Gasteiger partial charge in [-0.3, -0.25) is 4.79 Å². The number of anilines is 1. The number of amides is 1. The Morgan fingerprint density at radius 2 is 2.17 bits per heavy atom. The molecule has 2 N–H and O–H groups in total. The molecule has 0 bridgehead atoms. The van der Waals surface area contributed by atoms with E-state index >= 15 is 0 Å². The van der Waals surface area contributed by atoms with Crippen LogP contribution in [0.1, 0.15) is 48.5 Å². The number of carbonyl (C=O) groups is 1. The highest BCUT2D eigenvalue weighted by atomic mass is 16.2. The summed E-state index contributed by atoms with van der Waals surface area (Å²) in [6.45, 7) is 3.06. The second-order valence-corrected chi connectivity index (χ2v) is 5.78. The van der Waals surface area contributed by atoms with Crippen LogP contribution in [0, 0.1) is 5.92 Å². The maximum atomic E-state index is 12.4. The summed E-state index contributed by atoms with van der Waals surface area (Å²) in [6, 6.07) is 6.13. The minimum Gasteiger partial charge on any atom is -0.399 e. The molecule has 1 aliphatic carbocycles. The van der Waals surface area contributed by atoms with Crippen LogP contribution in [0.3, 0.4) is 0 Å². The second-order valence-electron chi connectivity index (χ2n) is 5.78. The molecule has 1 aliphatic heterocycles. The highest BCUT2D eigenvalue weighted by Gasteiger charge is 2.34. The van der Waals surface area contributed by atoms with Crippen LogP contribution in [0.15, 0.2) is 18.2 Å². The summed E-state index contributed by atoms with van der Waals surface area (Å²) >= 11 is 0. The van der Waals surface area contributed by atoms with Crippen molar-refractivity contribution in [2.24, 2.45) is 5.92 Å². The van der Waals surface area contributed by atoms with Crippen LogP contribution in [0.4, 0.5) is 5.69 Å². The zero-order valence-corrected chi connectivity index (χ0v) is 10.9. The molecule has 1 fully saturated rings. The van der Waals surface area contributed by atoms with Crippen molar-refractivity contribution in [3.63, 3.8) is 0 Å². The summed E-state index contributed by atoms with van der Waals surface area (Å²) in [5.41, 5.74) is 8.39. The molecule has 1 heterocycles. The van der Waals surface area contributed by atoms with Crippen LogP contribution in [0.25, 0.3) is 0 Å². The van der Waals surface area contributed by atoms with Crippen LogP contribution in [0.2, 0.25) is 0 Å². The van der Waals surface area contributed by atoms with E-state index in [1.165, 1.54) is 12.8 Å². The van der Waals surface area contributed by atoms with Gasteiger partial charge < -0.3 is 10.6 Å². The third-order valence-corrected chi connectivity index (χ3v) is 4.32. The molecule has 1 amide bonds. The molecule has 3 nitrogen and oxygen atoms in total. The summed E-state index contributed by atoms with van der Waals surface area (Å²) in [5.74, 6) is 0.918. The van der Waals surface area contributed by atoms with Gasteiger partial charge >= 0.3 is 0 Å². The van der Waals surface area contributed by atoms with Gasteiger partial charge in [-0.2, -0.15) is 0 Å². The summed E-state index contributed by atoms with van der Waals surface area (Å²) in [5, 5.41) is 0. The minimum atomic E-state index is 0.177. The number of nitrogens with two attached hydrogens (primary N) is 1. The van der Waals surface area contributed by atoms with E-state index in [9.17, 15) is 4.79 Å². The second kappa shape index (κ2) is 4.30. The van der Waals surface area contributed by atoms with Gasteiger partial charge in [-0.1, -0.05) is 25.8 Å². The lowest BCUT2D eigenvalue weighted by Crippen LogP contribution is -2.38. The van der Waals surface area contributed by atoms with E-state index in [0.717, 1.165) is 36.4 Å². The number of carbonyl (C=O) groups excluding carboxylic acids is 1. The van der Waals surface area contributed by atoms with Crippen molar-refractivity contribution in [1.82, 2.24) is 4.90 Å². The summed E-state index contributed by atoms with van der Waals surface area (Å²) in [6.07, 6.45) is 4.85. The first-order valence-electron chi connectivity index (χ1n) is 6.84. The largest absolute Gasteiger partial charge is 0.399 e. The zero-order valence-electron chi connectivity index (χ0n) is 10.9. The predicted molar refractivity (Wildman–Crippen MR) is 72.1 cm³/mol. The summed E-state index contributed by atoms with van der Waals surface area (Å²) < 4.78 is 0. The van der Waals surface area contributed by atoms with Gasteiger partial charge in [0.1, 0.15) is 0 Å². The number of nitrogen functional groups attached to an aromatic ring is 1. The van der Waals surface area contributed by atoms with E-state index in [2.05, 4.69) is 11.8 Å². The van der Waals surface area contributed by atoms with Crippen molar-refractivity contribution in [2.75, 3.05) is 5.73 Å². The Labute approximate surface area is 108 Å². The van der Waals surface area contributed by atoms with Crippen LogP contribution < -0.4 is 5.73 Å². The molecule has 3 rings (SSSR count). The van der Waals surface area contributed by atoms with E-state index < -0.39 is 0 Å². The molecule has 0 saturated heterocycles. The van der Waals surface area contributed by atoms with Gasteiger partial charge in [-0.05, 0) is 36.5 Å². The van der Waals surface area contributed by atoms with Crippen LogP contribution in [-0.4, -0.2) is 16.8 Å². The van der Waals surface area contributed by atoms with Crippen LogP contribution in [0.5, 0.6) is 0 Å². The number of nitrogens with zero attached hydrogens (tertiary/aromatic N) is 1. The van der Waals surface area contributed by atoms with E-state index in [-0.39, 0.29) is 5.91 Å².